The molecular weight excluding hydrogens is 276 g/mol. The van der Waals surface area contributed by atoms with E-state index in [4.69, 9.17) is 4.74 Å². The van der Waals surface area contributed by atoms with Crippen molar-refractivity contribution in [3.05, 3.63) is 46.0 Å². The summed E-state index contributed by atoms with van der Waals surface area (Å²) in [7, 11) is 1.28. The molecule has 114 valence electrons. The highest BCUT2D eigenvalue weighted by Gasteiger charge is 2.52. The quantitative estimate of drug-likeness (QED) is 0.445. The van der Waals surface area contributed by atoms with Crippen LogP contribution in [0.25, 0.3) is 0 Å². The minimum atomic E-state index is -0.863. The number of rotatable bonds is 7. The number of hydrogen-bond acceptors (Lipinski definition) is 6. The first-order valence-corrected chi connectivity index (χ1v) is 6.64. The molecule has 2 rings (SSSR count). The maximum Gasteiger partial charge on any atom is 0.319 e. The molecule has 1 aliphatic heterocycles. The van der Waals surface area contributed by atoms with Crippen LogP contribution in [0.5, 0.6) is 0 Å². The highest BCUT2D eigenvalue weighted by molar-refractivity contribution is 5.71. The Morgan fingerprint density at radius 3 is 2.62 bits per heavy atom. The van der Waals surface area contributed by atoms with Crippen molar-refractivity contribution in [1.29, 1.82) is 0 Å². The van der Waals surface area contributed by atoms with Gasteiger partial charge in [0.2, 0.25) is 6.04 Å². The van der Waals surface area contributed by atoms with E-state index in [2.05, 4.69) is 10.1 Å². The van der Waals surface area contributed by atoms with Gasteiger partial charge in [0.1, 0.15) is 5.54 Å². The van der Waals surface area contributed by atoms with Gasteiger partial charge in [0.25, 0.3) is 0 Å². The average Bonchev–Trinajstić information content (AvgIpc) is 2.45. The fourth-order valence-electron chi connectivity index (χ4n) is 2.36. The molecule has 7 heteroatoms. The van der Waals surface area contributed by atoms with Crippen molar-refractivity contribution in [3.63, 3.8) is 0 Å². The minimum Gasteiger partial charge on any atom is -0.468 e. The van der Waals surface area contributed by atoms with Crippen LogP contribution in [0.2, 0.25) is 0 Å². The predicted octanol–water partition coefficient (Wildman–Crippen LogP) is 0.406. The Morgan fingerprint density at radius 2 is 2.14 bits per heavy atom. The number of nitrogens with zero attached hydrogens (tertiary/aromatic N) is 1. The molecule has 0 spiro atoms. The number of esters is 1. The van der Waals surface area contributed by atoms with E-state index >= 15 is 0 Å². The van der Waals surface area contributed by atoms with Crippen molar-refractivity contribution in [1.82, 2.24) is 5.32 Å². The Balaban J connectivity index is 2.11. The van der Waals surface area contributed by atoms with Gasteiger partial charge in [0.15, 0.2) is 0 Å². The topological polar surface area (TPSA) is 90.7 Å². The third-order valence-corrected chi connectivity index (χ3v) is 3.70. The standard InChI is InChI=1S/C14H18N2O5/c1-20-13(17)8-15-14(9-21-10-14)12(16(18)19)7-11-5-3-2-4-6-11/h2-6,12,15H,7-10H2,1H3. The lowest BCUT2D eigenvalue weighted by Crippen LogP contribution is -2.70. The van der Waals surface area contributed by atoms with Crippen LogP contribution >= 0.6 is 0 Å². The van der Waals surface area contributed by atoms with E-state index in [-0.39, 0.29) is 31.1 Å². The number of hydrogen-bond donors (Lipinski definition) is 1. The van der Waals surface area contributed by atoms with Gasteiger partial charge in [0.05, 0.1) is 26.9 Å². The van der Waals surface area contributed by atoms with Crippen molar-refractivity contribution in [2.24, 2.45) is 0 Å². The molecule has 1 saturated heterocycles. The Labute approximate surface area is 122 Å². The third-order valence-electron chi connectivity index (χ3n) is 3.70. The number of ether oxygens (including phenoxy) is 2. The van der Waals surface area contributed by atoms with E-state index in [0.717, 1.165) is 5.56 Å². The number of carbonyl (C=O) groups excluding carboxylic acids is 1. The molecule has 0 aliphatic carbocycles. The summed E-state index contributed by atoms with van der Waals surface area (Å²) >= 11 is 0. The predicted molar refractivity (Wildman–Crippen MR) is 74.5 cm³/mol. The van der Waals surface area contributed by atoms with E-state index in [1.165, 1.54) is 7.11 Å². The first-order valence-electron chi connectivity index (χ1n) is 6.64. The average molecular weight is 294 g/mol. The normalized spacial score (nSPS) is 17.6. The highest BCUT2D eigenvalue weighted by Crippen LogP contribution is 2.26. The van der Waals surface area contributed by atoms with Crippen molar-refractivity contribution < 1.29 is 19.2 Å². The zero-order valence-corrected chi connectivity index (χ0v) is 11.8. The van der Waals surface area contributed by atoms with Crippen molar-refractivity contribution >= 4 is 5.97 Å². The lowest BCUT2D eigenvalue weighted by atomic mass is 9.84. The minimum absolute atomic E-state index is 0.0704. The molecular formula is C14H18N2O5. The Hall–Kier alpha value is -1.99. The number of nitrogens with one attached hydrogen (secondary N) is 1. The first kappa shape index (κ1) is 15.4. The second kappa shape index (κ2) is 6.64. The number of methoxy groups -OCH3 is 1. The van der Waals surface area contributed by atoms with Crippen molar-refractivity contribution in [2.75, 3.05) is 26.9 Å². The summed E-state index contributed by atoms with van der Waals surface area (Å²) in [6.45, 7) is 0.351. The molecule has 1 heterocycles. The van der Waals surface area contributed by atoms with Crippen LogP contribution < -0.4 is 5.32 Å². The van der Waals surface area contributed by atoms with Crippen LogP contribution in [0.15, 0.2) is 30.3 Å². The van der Waals surface area contributed by atoms with Crippen molar-refractivity contribution in [3.8, 4) is 0 Å². The SMILES string of the molecule is COC(=O)CNC1(C(Cc2ccccc2)[N+](=O)[O-])COC1. The van der Waals surface area contributed by atoms with Gasteiger partial charge in [-0.25, -0.2) is 0 Å². The fraction of sp³-hybridized carbons (Fsp3) is 0.500. The summed E-state index contributed by atoms with van der Waals surface area (Å²) in [4.78, 5) is 22.4. The molecule has 1 aromatic rings. The van der Waals surface area contributed by atoms with Crippen LogP contribution in [0, 0.1) is 10.1 Å². The van der Waals surface area contributed by atoms with Crippen molar-refractivity contribution in [2.45, 2.75) is 18.0 Å². The fourth-order valence-corrected chi connectivity index (χ4v) is 2.36. The van der Waals surface area contributed by atoms with E-state index in [0.29, 0.717) is 0 Å². The second-order valence-electron chi connectivity index (χ2n) is 5.07. The molecule has 1 aliphatic rings. The summed E-state index contributed by atoms with van der Waals surface area (Å²) in [5, 5.41) is 14.4. The van der Waals surface area contributed by atoms with Crippen LogP contribution in [0.3, 0.4) is 0 Å². The van der Waals surface area contributed by atoms with Crippen LogP contribution in [-0.4, -0.2) is 49.3 Å². The van der Waals surface area contributed by atoms with Gasteiger partial charge in [-0.1, -0.05) is 30.3 Å². The second-order valence-corrected chi connectivity index (χ2v) is 5.07. The lowest BCUT2D eigenvalue weighted by molar-refractivity contribution is -0.542. The van der Waals surface area contributed by atoms with Gasteiger partial charge in [-0.3, -0.25) is 20.2 Å². The van der Waals surface area contributed by atoms with Gasteiger partial charge >= 0.3 is 5.97 Å². The summed E-state index contributed by atoms with van der Waals surface area (Å²) in [6.07, 6.45) is 0.283. The van der Waals surface area contributed by atoms with Crippen LogP contribution in [0.4, 0.5) is 0 Å². The summed E-state index contributed by atoms with van der Waals surface area (Å²) < 4.78 is 9.71. The number of carbonyl (C=O) groups is 1. The van der Waals surface area contributed by atoms with Gasteiger partial charge in [-0.15, -0.1) is 0 Å². The van der Waals surface area contributed by atoms with E-state index in [1.54, 1.807) is 0 Å². The molecule has 0 bridgehead atoms. The molecule has 0 radical (unpaired) electrons. The monoisotopic (exact) mass is 294 g/mol. The van der Waals surface area contributed by atoms with Gasteiger partial charge in [0, 0.05) is 11.3 Å². The lowest BCUT2D eigenvalue weighted by Gasteiger charge is -2.43. The Kier molecular flexibility index (Phi) is 4.87. The molecule has 1 fully saturated rings. The zero-order chi connectivity index (χ0) is 15.3. The summed E-state index contributed by atoms with van der Waals surface area (Å²) in [5.41, 5.74) is 0.0541. The van der Waals surface area contributed by atoms with Gasteiger partial charge in [-0.05, 0) is 5.56 Å². The van der Waals surface area contributed by atoms with Crippen LogP contribution in [-0.2, 0) is 20.7 Å². The molecule has 0 aromatic heterocycles. The Bertz CT molecular complexity index is 501. The molecule has 1 N–H and O–H groups in total. The molecule has 0 amide bonds. The summed E-state index contributed by atoms with van der Waals surface area (Å²) in [6, 6.07) is 8.39. The highest BCUT2D eigenvalue weighted by atomic mass is 16.6. The molecule has 21 heavy (non-hydrogen) atoms. The largest absolute Gasteiger partial charge is 0.468 e. The van der Waals surface area contributed by atoms with E-state index in [1.807, 2.05) is 30.3 Å². The molecule has 1 unspecified atom stereocenters. The van der Waals surface area contributed by atoms with E-state index in [9.17, 15) is 14.9 Å². The molecule has 0 saturated carbocycles. The van der Waals surface area contributed by atoms with Gasteiger partial charge < -0.3 is 9.47 Å². The Morgan fingerprint density at radius 1 is 1.48 bits per heavy atom. The molecule has 1 atom stereocenters. The first-order chi connectivity index (χ1) is 10.1. The van der Waals surface area contributed by atoms with Crippen LogP contribution in [0.1, 0.15) is 5.56 Å². The molecule has 7 nitrogen and oxygen atoms in total. The van der Waals surface area contributed by atoms with Gasteiger partial charge in [-0.2, -0.15) is 0 Å². The van der Waals surface area contributed by atoms with E-state index < -0.39 is 17.6 Å². The number of nitro groups is 1. The third kappa shape index (κ3) is 3.56. The smallest absolute Gasteiger partial charge is 0.319 e. The maximum atomic E-state index is 11.5. The summed E-state index contributed by atoms with van der Waals surface area (Å²) in [5.74, 6) is -0.455. The molecule has 1 aromatic carbocycles. The number of benzene rings is 1. The maximum absolute atomic E-state index is 11.5. The zero-order valence-electron chi connectivity index (χ0n) is 11.8.